The summed E-state index contributed by atoms with van der Waals surface area (Å²) in [5.41, 5.74) is 2.55. The van der Waals surface area contributed by atoms with Crippen molar-refractivity contribution in [2.24, 2.45) is 5.10 Å². The number of aryl methyl sites for hydroxylation is 1. The van der Waals surface area contributed by atoms with E-state index in [1.54, 1.807) is 60.7 Å². The molecule has 0 bridgehead atoms. The Morgan fingerprint density at radius 3 is 2.30 bits per heavy atom. The van der Waals surface area contributed by atoms with Gasteiger partial charge in [0.25, 0.3) is 10.0 Å². The van der Waals surface area contributed by atoms with Gasteiger partial charge in [-0.05, 0) is 61.0 Å². The Balaban J connectivity index is 1.63. The second-order valence-corrected chi connectivity index (χ2v) is 9.38. The first-order valence-corrected chi connectivity index (χ1v) is 11.2. The third kappa shape index (κ3) is 5.53. The van der Waals surface area contributed by atoms with Gasteiger partial charge in [0.1, 0.15) is 12.4 Å². The van der Waals surface area contributed by atoms with Crippen molar-refractivity contribution in [3.05, 3.63) is 93.5 Å². The lowest BCUT2D eigenvalue weighted by Crippen LogP contribution is -2.21. The Bertz CT molecular complexity index is 1150. The van der Waals surface area contributed by atoms with Crippen molar-refractivity contribution in [1.82, 2.24) is 4.41 Å². The van der Waals surface area contributed by atoms with E-state index < -0.39 is 10.0 Å². The van der Waals surface area contributed by atoms with Crippen molar-refractivity contribution in [1.29, 1.82) is 0 Å². The van der Waals surface area contributed by atoms with Gasteiger partial charge in [0, 0.05) is 22.7 Å². The fourth-order valence-electron chi connectivity index (χ4n) is 2.52. The Kier molecular flexibility index (Phi) is 7.02. The molecule has 30 heavy (non-hydrogen) atoms. The maximum atomic E-state index is 12.6. The third-order valence-electron chi connectivity index (χ3n) is 4.33. The Morgan fingerprint density at radius 1 is 1.00 bits per heavy atom. The summed E-state index contributed by atoms with van der Waals surface area (Å²) in [5.74, 6) is 0.652. The van der Waals surface area contributed by atoms with Crippen LogP contribution in [0.15, 0.2) is 76.7 Å². The second kappa shape index (κ2) is 9.51. The molecule has 0 N–H and O–H groups in total. The molecular weight excluding hydrogens is 443 g/mol. The predicted octanol–water partition coefficient (Wildman–Crippen LogP) is 5.54. The zero-order chi connectivity index (χ0) is 21.7. The van der Waals surface area contributed by atoms with Gasteiger partial charge in [0.2, 0.25) is 0 Å². The van der Waals surface area contributed by atoms with E-state index >= 15 is 0 Å². The van der Waals surface area contributed by atoms with E-state index in [0.29, 0.717) is 22.4 Å². The highest BCUT2D eigenvalue weighted by Gasteiger charge is 2.18. The number of hydrazone groups is 1. The van der Waals surface area contributed by atoms with Crippen molar-refractivity contribution in [2.45, 2.75) is 18.4 Å². The van der Waals surface area contributed by atoms with Gasteiger partial charge in [-0.25, -0.2) is 0 Å². The molecule has 0 spiro atoms. The predicted molar refractivity (Wildman–Crippen MR) is 121 cm³/mol. The molecule has 3 rings (SSSR count). The molecule has 0 aliphatic heterocycles. The van der Waals surface area contributed by atoms with E-state index in [-0.39, 0.29) is 4.90 Å². The smallest absolute Gasteiger partial charge is 0.278 e. The van der Waals surface area contributed by atoms with Crippen LogP contribution in [0.5, 0.6) is 5.75 Å². The number of rotatable bonds is 7. The van der Waals surface area contributed by atoms with E-state index in [0.717, 1.165) is 21.1 Å². The molecular formula is C22H20Cl2N2O3S. The van der Waals surface area contributed by atoms with Crippen LogP contribution in [0.1, 0.15) is 16.7 Å². The van der Waals surface area contributed by atoms with Gasteiger partial charge in [-0.1, -0.05) is 47.0 Å². The first-order chi connectivity index (χ1) is 14.3. The lowest BCUT2D eigenvalue weighted by atomic mass is 10.2. The summed E-state index contributed by atoms with van der Waals surface area (Å²) in [7, 11) is -2.29. The number of halogens is 2. The lowest BCUT2D eigenvalue weighted by molar-refractivity contribution is 0.306. The van der Waals surface area contributed by atoms with Crippen molar-refractivity contribution < 1.29 is 13.2 Å². The molecule has 3 aromatic carbocycles. The summed E-state index contributed by atoms with van der Waals surface area (Å²) in [5, 5.41) is 5.17. The van der Waals surface area contributed by atoms with Crippen LogP contribution in [-0.2, 0) is 16.6 Å². The molecule has 0 heterocycles. The van der Waals surface area contributed by atoms with Crippen molar-refractivity contribution in [3.63, 3.8) is 0 Å². The number of benzene rings is 3. The number of hydrogen-bond donors (Lipinski definition) is 0. The SMILES string of the molecule is Cc1ccc(S(=O)(=O)N(C)N=Cc2ccc(OCc3ccc(Cl)cc3Cl)cc2)cc1. The third-order valence-corrected chi connectivity index (χ3v) is 6.57. The van der Waals surface area contributed by atoms with Gasteiger partial charge < -0.3 is 4.74 Å². The van der Waals surface area contributed by atoms with Crippen molar-refractivity contribution in [2.75, 3.05) is 7.05 Å². The zero-order valence-corrected chi connectivity index (χ0v) is 18.7. The number of ether oxygens (including phenoxy) is 1. The van der Waals surface area contributed by atoms with Crippen LogP contribution in [0, 0.1) is 6.92 Å². The number of nitrogens with zero attached hydrogens (tertiary/aromatic N) is 2. The minimum absolute atomic E-state index is 0.192. The maximum Gasteiger partial charge on any atom is 0.278 e. The Hall–Kier alpha value is -2.54. The summed E-state index contributed by atoms with van der Waals surface area (Å²) in [6.45, 7) is 2.21. The van der Waals surface area contributed by atoms with Crippen LogP contribution in [0.2, 0.25) is 10.0 Å². The van der Waals surface area contributed by atoms with Crippen LogP contribution >= 0.6 is 23.2 Å². The largest absolute Gasteiger partial charge is 0.489 e. The van der Waals surface area contributed by atoms with E-state index in [4.69, 9.17) is 27.9 Å². The maximum absolute atomic E-state index is 12.6. The lowest BCUT2D eigenvalue weighted by Gasteiger charge is -2.13. The minimum atomic E-state index is -3.69. The second-order valence-electron chi connectivity index (χ2n) is 6.59. The Morgan fingerprint density at radius 2 is 1.67 bits per heavy atom. The molecule has 3 aromatic rings. The molecule has 0 aliphatic carbocycles. The highest BCUT2D eigenvalue weighted by atomic mass is 35.5. The molecule has 0 aliphatic rings. The normalized spacial score (nSPS) is 11.6. The van der Waals surface area contributed by atoms with Crippen LogP contribution in [-0.4, -0.2) is 26.1 Å². The fourth-order valence-corrected chi connectivity index (χ4v) is 3.94. The highest BCUT2D eigenvalue weighted by Crippen LogP contribution is 2.23. The van der Waals surface area contributed by atoms with E-state index in [9.17, 15) is 8.42 Å². The zero-order valence-electron chi connectivity index (χ0n) is 16.4. The highest BCUT2D eigenvalue weighted by molar-refractivity contribution is 7.89. The summed E-state index contributed by atoms with van der Waals surface area (Å²) >= 11 is 12.0. The first kappa shape index (κ1) is 22.2. The molecule has 0 fully saturated rings. The van der Waals surface area contributed by atoms with Crippen molar-refractivity contribution >= 4 is 39.4 Å². The van der Waals surface area contributed by atoms with Gasteiger partial charge in [0.05, 0.1) is 11.1 Å². The van der Waals surface area contributed by atoms with E-state index in [1.807, 2.05) is 13.0 Å². The molecule has 0 radical (unpaired) electrons. The van der Waals surface area contributed by atoms with Crippen molar-refractivity contribution in [3.8, 4) is 5.75 Å². The van der Waals surface area contributed by atoms with E-state index in [1.165, 1.54) is 13.3 Å². The molecule has 156 valence electrons. The number of hydrogen-bond acceptors (Lipinski definition) is 4. The molecule has 0 unspecified atom stereocenters. The molecule has 0 atom stereocenters. The van der Waals surface area contributed by atoms with Crippen LogP contribution in [0.4, 0.5) is 0 Å². The van der Waals surface area contributed by atoms with Crippen LogP contribution in [0.3, 0.4) is 0 Å². The average Bonchev–Trinajstić information content (AvgIpc) is 2.72. The average molecular weight is 463 g/mol. The Labute approximate surface area is 186 Å². The van der Waals surface area contributed by atoms with Gasteiger partial charge in [-0.3, -0.25) is 0 Å². The molecule has 0 saturated carbocycles. The van der Waals surface area contributed by atoms with Gasteiger partial charge in [0.15, 0.2) is 0 Å². The van der Waals surface area contributed by atoms with E-state index in [2.05, 4.69) is 5.10 Å². The summed E-state index contributed by atoms with van der Waals surface area (Å²) in [6, 6.07) is 19.0. The monoisotopic (exact) mass is 462 g/mol. The van der Waals surface area contributed by atoms with Gasteiger partial charge in [-0.2, -0.15) is 17.9 Å². The fraction of sp³-hybridized carbons (Fsp3) is 0.136. The minimum Gasteiger partial charge on any atom is -0.489 e. The van der Waals surface area contributed by atoms with Crippen LogP contribution < -0.4 is 4.74 Å². The summed E-state index contributed by atoms with van der Waals surface area (Å²) < 4.78 is 31.8. The first-order valence-electron chi connectivity index (χ1n) is 9.02. The molecule has 8 heteroatoms. The topological polar surface area (TPSA) is 59.0 Å². The molecule has 0 saturated heterocycles. The number of sulfonamides is 1. The summed E-state index contributed by atoms with van der Waals surface area (Å²) in [6.07, 6.45) is 1.48. The molecule has 0 amide bonds. The molecule has 0 aromatic heterocycles. The standard InChI is InChI=1S/C22H20Cl2N2O3S/c1-16-3-11-21(12-4-16)30(27,28)26(2)25-14-17-5-9-20(10-6-17)29-15-18-7-8-19(23)13-22(18)24/h3-14H,15H2,1-2H3. The van der Waals surface area contributed by atoms with Gasteiger partial charge >= 0.3 is 0 Å². The molecule has 5 nitrogen and oxygen atoms in total. The quantitative estimate of drug-likeness (QED) is 0.342. The van der Waals surface area contributed by atoms with Crippen LogP contribution in [0.25, 0.3) is 0 Å². The van der Waals surface area contributed by atoms with Gasteiger partial charge in [-0.15, -0.1) is 0 Å². The summed E-state index contributed by atoms with van der Waals surface area (Å²) in [4.78, 5) is 0.192.